The molecule has 146 valence electrons. The lowest BCUT2D eigenvalue weighted by molar-refractivity contribution is -0.128. The van der Waals surface area contributed by atoms with E-state index in [2.05, 4.69) is 16.7 Å². The van der Waals surface area contributed by atoms with E-state index in [1.54, 1.807) is 0 Å². The Balaban J connectivity index is 1.49. The fourth-order valence-corrected chi connectivity index (χ4v) is 5.63. The third-order valence-electron chi connectivity index (χ3n) is 6.83. The van der Waals surface area contributed by atoms with Gasteiger partial charge in [-0.05, 0) is 62.1 Å². The Kier molecular flexibility index (Phi) is 5.45. The van der Waals surface area contributed by atoms with Crippen LogP contribution in [0.3, 0.4) is 0 Å². The Morgan fingerprint density at radius 1 is 1.19 bits per heavy atom. The molecular formula is C22H29ClN2O2. The van der Waals surface area contributed by atoms with Gasteiger partial charge in [0.25, 0.3) is 0 Å². The number of benzene rings is 1. The summed E-state index contributed by atoms with van der Waals surface area (Å²) in [6.07, 6.45) is 9.94. The summed E-state index contributed by atoms with van der Waals surface area (Å²) in [5, 5.41) is 7.26. The van der Waals surface area contributed by atoms with Gasteiger partial charge in [0.1, 0.15) is 0 Å². The maximum atomic E-state index is 13.2. The van der Waals surface area contributed by atoms with Gasteiger partial charge in [0.05, 0.1) is 6.04 Å². The minimum atomic E-state index is -0.143. The van der Waals surface area contributed by atoms with Crippen LogP contribution in [0, 0.1) is 11.8 Å². The van der Waals surface area contributed by atoms with Crippen LogP contribution in [0.4, 0.5) is 0 Å². The van der Waals surface area contributed by atoms with E-state index in [1.165, 1.54) is 12.8 Å². The van der Waals surface area contributed by atoms with Crippen LogP contribution in [0.1, 0.15) is 75.8 Å². The van der Waals surface area contributed by atoms with Crippen LogP contribution in [0.25, 0.3) is 0 Å². The van der Waals surface area contributed by atoms with Crippen LogP contribution >= 0.6 is 11.6 Å². The van der Waals surface area contributed by atoms with E-state index >= 15 is 0 Å². The first-order chi connectivity index (χ1) is 13.0. The van der Waals surface area contributed by atoms with Crippen LogP contribution in [-0.2, 0) is 9.59 Å². The lowest BCUT2D eigenvalue weighted by Gasteiger charge is -2.38. The van der Waals surface area contributed by atoms with Crippen molar-refractivity contribution in [3.05, 3.63) is 34.9 Å². The predicted molar refractivity (Wildman–Crippen MR) is 106 cm³/mol. The zero-order valence-corrected chi connectivity index (χ0v) is 16.6. The molecule has 2 N–H and O–H groups in total. The van der Waals surface area contributed by atoms with Crippen molar-refractivity contribution in [2.24, 2.45) is 11.8 Å². The van der Waals surface area contributed by atoms with Gasteiger partial charge in [0.15, 0.2) is 0 Å². The van der Waals surface area contributed by atoms with Gasteiger partial charge in [0.2, 0.25) is 11.8 Å². The standard InChI is InChI=1S/C22H29ClN2O2/c23-18-9-3-7-16(13-18)20(15-5-1-2-6-15)24-21(27)17-8-4-11-22(14-17)12-10-19(26)25-22/h3,7,9,13,15,17,20H,1-2,4-6,8,10-12,14H2,(H,24,27)(H,25,26)/t17?,20-,22?/m0/s1. The minimum Gasteiger partial charge on any atom is -0.351 e. The minimum absolute atomic E-state index is 0.0137. The van der Waals surface area contributed by atoms with Gasteiger partial charge in [-0.1, -0.05) is 43.0 Å². The molecule has 2 aliphatic carbocycles. The second-order valence-corrected chi connectivity index (χ2v) is 9.14. The summed E-state index contributed by atoms with van der Waals surface area (Å²) in [5.74, 6) is 0.752. The molecule has 1 aromatic carbocycles. The zero-order valence-electron chi connectivity index (χ0n) is 15.8. The van der Waals surface area contributed by atoms with Crippen molar-refractivity contribution < 1.29 is 9.59 Å². The predicted octanol–water partition coefficient (Wildman–Crippen LogP) is 4.53. The molecule has 3 atom stereocenters. The maximum absolute atomic E-state index is 13.2. The van der Waals surface area contributed by atoms with Gasteiger partial charge in [0, 0.05) is 22.9 Å². The number of nitrogens with one attached hydrogen (secondary N) is 2. The molecule has 5 heteroatoms. The van der Waals surface area contributed by atoms with Crippen molar-refractivity contribution in [2.45, 2.75) is 75.8 Å². The third kappa shape index (κ3) is 4.16. The molecule has 0 aromatic heterocycles. The van der Waals surface area contributed by atoms with Crippen LogP contribution in [-0.4, -0.2) is 17.4 Å². The molecule has 3 fully saturated rings. The number of amides is 2. The van der Waals surface area contributed by atoms with Crippen molar-refractivity contribution in [1.29, 1.82) is 0 Å². The summed E-state index contributed by atoms with van der Waals surface area (Å²) in [4.78, 5) is 24.9. The monoisotopic (exact) mass is 388 g/mol. The molecule has 1 aliphatic heterocycles. The first-order valence-corrected chi connectivity index (χ1v) is 10.8. The fraction of sp³-hybridized carbons (Fsp3) is 0.636. The van der Waals surface area contributed by atoms with Gasteiger partial charge in [-0.2, -0.15) is 0 Å². The topological polar surface area (TPSA) is 58.2 Å². The third-order valence-corrected chi connectivity index (χ3v) is 7.06. The van der Waals surface area contributed by atoms with Crippen molar-refractivity contribution in [3.63, 3.8) is 0 Å². The number of rotatable bonds is 4. The lowest BCUT2D eigenvalue weighted by Crippen LogP contribution is -2.49. The van der Waals surface area contributed by atoms with Gasteiger partial charge in [-0.25, -0.2) is 0 Å². The summed E-state index contributed by atoms with van der Waals surface area (Å²) in [5.41, 5.74) is 0.971. The van der Waals surface area contributed by atoms with Gasteiger partial charge in [-0.3, -0.25) is 9.59 Å². The molecule has 1 aromatic rings. The fourth-order valence-electron chi connectivity index (χ4n) is 5.44. The van der Waals surface area contributed by atoms with E-state index in [-0.39, 0.29) is 29.3 Å². The summed E-state index contributed by atoms with van der Waals surface area (Å²) >= 11 is 6.22. The number of hydrogen-bond donors (Lipinski definition) is 2. The van der Waals surface area contributed by atoms with Crippen molar-refractivity contribution in [2.75, 3.05) is 0 Å². The average Bonchev–Trinajstić information content (AvgIpc) is 3.30. The quantitative estimate of drug-likeness (QED) is 0.796. The Labute approximate surface area is 166 Å². The normalized spacial score (nSPS) is 29.7. The summed E-state index contributed by atoms with van der Waals surface area (Å²) in [6.45, 7) is 0. The zero-order chi connectivity index (χ0) is 18.9. The molecular weight excluding hydrogens is 360 g/mol. The van der Waals surface area contributed by atoms with Gasteiger partial charge < -0.3 is 10.6 Å². The smallest absolute Gasteiger partial charge is 0.223 e. The average molecular weight is 389 g/mol. The maximum Gasteiger partial charge on any atom is 0.223 e. The lowest BCUT2D eigenvalue weighted by atomic mass is 9.74. The van der Waals surface area contributed by atoms with E-state index in [9.17, 15) is 9.59 Å². The van der Waals surface area contributed by atoms with Crippen LogP contribution in [0.2, 0.25) is 5.02 Å². The second-order valence-electron chi connectivity index (χ2n) is 8.71. The molecule has 1 heterocycles. The first kappa shape index (κ1) is 18.8. The van der Waals surface area contributed by atoms with Gasteiger partial charge in [-0.15, -0.1) is 0 Å². The Morgan fingerprint density at radius 2 is 2.00 bits per heavy atom. The van der Waals surface area contributed by atoms with Gasteiger partial charge >= 0.3 is 0 Å². The number of halogens is 1. The highest BCUT2D eigenvalue weighted by molar-refractivity contribution is 6.30. The molecule has 4 rings (SSSR count). The molecule has 3 aliphatic rings. The Bertz CT molecular complexity index is 716. The van der Waals surface area contributed by atoms with Crippen LogP contribution < -0.4 is 10.6 Å². The number of hydrogen-bond acceptors (Lipinski definition) is 2. The van der Waals surface area contributed by atoms with E-state index in [0.717, 1.165) is 55.5 Å². The SMILES string of the molecule is O=C1CCC2(CCCC(C(=O)N[C@H](c3cccc(Cl)c3)C3CCCC3)C2)N1. The largest absolute Gasteiger partial charge is 0.351 e. The molecule has 0 bridgehead atoms. The molecule has 27 heavy (non-hydrogen) atoms. The number of carbonyl (C=O) groups excluding carboxylic acids is 2. The highest BCUT2D eigenvalue weighted by Gasteiger charge is 2.43. The first-order valence-electron chi connectivity index (χ1n) is 10.4. The summed E-state index contributed by atoms with van der Waals surface area (Å²) in [7, 11) is 0. The Morgan fingerprint density at radius 3 is 2.70 bits per heavy atom. The van der Waals surface area contributed by atoms with Crippen LogP contribution in [0.15, 0.2) is 24.3 Å². The number of carbonyl (C=O) groups is 2. The molecule has 1 saturated heterocycles. The summed E-state index contributed by atoms with van der Waals surface area (Å²) in [6, 6.07) is 7.95. The Hall–Kier alpha value is -1.55. The highest BCUT2D eigenvalue weighted by atomic mass is 35.5. The van der Waals surface area contributed by atoms with E-state index in [4.69, 9.17) is 11.6 Å². The van der Waals surface area contributed by atoms with Crippen molar-refractivity contribution in [3.8, 4) is 0 Å². The van der Waals surface area contributed by atoms with Crippen molar-refractivity contribution in [1.82, 2.24) is 10.6 Å². The van der Waals surface area contributed by atoms with Crippen molar-refractivity contribution >= 4 is 23.4 Å². The molecule has 4 nitrogen and oxygen atoms in total. The van der Waals surface area contributed by atoms with Crippen LogP contribution in [0.5, 0.6) is 0 Å². The highest BCUT2D eigenvalue weighted by Crippen LogP contribution is 2.40. The molecule has 2 saturated carbocycles. The molecule has 0 radical (unpaired) electrons. The molecule has 2 amide bonds. The second kappa shape index (κ2) is 7.83. The summed E-state index contributed by atoms with van der Waals surface area (Å²) < 4.78 is 0. The van der Waals surface area contributed by atoms with E-state index < -0.39 is 0 Å². The van der Waals surface area contributed by atoms with E-state index in [0.29, 0.717) is 12.3 Å². The molecule has 2 unspecified atom stereocenters. The van der Waals surface area contributed by atoms with E-state index in [1.807, 2.05) is 18.2 Å². The molecule has 1 spiro atoms.